The van der Waals surface area contributed by atoms with Gasteiger partial charge in [-0.25, -0.2) is 5.01 Å². The Balaban J connectivity index is 1.60. The van der Waals surface area contributed by atoms with Gasteiger partial charge in [0.1, 0.15) is 12.4 Å². The van der Waals surface area contributed by atoms with Crippen LogP contribution < -0.4 is 19.5 Å². The number of ether oxygens (including phenoxy) is 1. The molecule has 0 aromatic heterocycles. The monoisotopic (exact) mass is 620 g/mol. The van der Waals surface area contributed by atoms with Crippen LogP contribution in [0, 0.1) is 0 Å². The Morgan fingerprint density at radius 2 is 1.50 bits per heavy atom. The molecular weight excluding hydrogens is 591 g/mol. The number of halogens is 3. The number of hydrogen-bond acceptors (Lipinski definition) is 6. The van der Waals surface area contributed by atoms with Crippen molar-refractivity contribution in [3.8, 4) is 5.75 Å². The summed E-state index contributed by atoms with van der Waals surface area (Å²) < 4.78 is 6.37. The van der Waals surface area contributed by atoms with E-state index in [9.17, 15) is 4.79 Å². The van der Waals surface area contributed by atoms with E-state index in [1.165, 1.54) is 6.92 Å². The first-order chi connectivity index (χ1) is 20.3. The van der Waals surface area contributed by atoms with Crippen LogP contribution in [-0.4, -0.2) is 24.7 Å². The molecule has 4 aromatic carbocycles. The fourth-order valence-corrected chi connectivity index (χ4v) is 5.62. The molecule has 0 N–H and O–H groups in total. The molecule has 1 atom stereocenters. The zero-order valence-corrected chi connectivity index (χ0v) is 25.9. The minimum Gasteiger partial charge on any atom is -0.488 e. The van der Waals surface area contributed by atoms with Gasteiger partial charge in [-0.1, -0.05) is 59.1 Å². The summed E-state index contributed by atoms with van der Waals surface area (Å²) >= 11 is 18.8. The predicted molar refractivity (Wildman–Crippen MR) is 175 cm³/mol. The van der Waals surface area contributed by atoms with Gasteiger partial charge in [-0.05, 0) is 80.6 Å². The van der Waals surface area contributed by atoms with E-state index in [0.29, 0.717) is 26.7 Å². The van der Waals surface area contributed by atoms with Gasteiger partial charge < -0.3 is 9.64 Å². The number of hydrazone groups is 1. The van der Waals surface area contributed by atoms with Crippen LogP contribution in [-0.2, 0) is 11.4 Å². The fraction of sp³-hybridized carbons (Fsp3) is 0.212. The van der Waals surface area contributed by atoms with E-state index in [1.807, 2.05) is 76.6 Å². The molecule has 0 unspecified atom stereocenters. The second-order valence-electron chi connectivity index (χ2n) is 9.80. The van der Waals surface area contributed by atoms with Crippen LogP contribution in [0.4, 0.5) is 17.1 Å². The van der Waals surface area contributed by atoms with Gasteiger partial charge >= 0.3 is 0 Å². The van der Waals surface area contributed by atoms with Gasteiger partial charge in [-0.3, -0.25) is 9.69 Å². The average Bonchev–Trinajstić information content (AvgIpc) is 3.39. The molecule has 42 heavy (non-hydrogen) atoms. The third-order valence-electron chi connectivity index (χ3n) is 7.16. The lowest BCUT2D eigenvalue weighted by Gasteiger charge is -2.33. The number of anilines is 3. The molecule has 0 fully saturated rings. The quantitative estimate of drug-likeness (QED) is 0.177. The number of Topliss-reactive ketones (excluding diaryl/α,β-unsaturated/α-hetero) is 1. The smallest absolute Gasteiger partial charge is 0.198 e. The molecule has 0 saturated carbocycles. The highest BCUT2D eigenvalue weighted by atomic mass is 35.5. The first-order valence-corrected chi connectivity index (χ1v) is 14.9. The highest BCUT2D eigenvalue weighted by molar-refractivity contribution is 6.44. The van der Waals surface area contributed by atoms with Gasteiger partial charge in [0.15, 0.2) is 17.8 Å². The van der Waals surface area contributed by atoms with Crippen molar-refractivity contribution in [2.24, 2.45) is 5.10 Å². The van der Waals surface area contributed by atoms with Gasteiger partial charge in [0.2, 0.25) is 0 Å². The molecule has 0 aliphatic carbocycles. The Morgan fingerprint density at radius 1 is 0.857 bits per heavy atom. The van der Waals surface area contributed by atoms with Crippen LogP contribution in [0.2, 0.25) is 15.1 Å². The summed E-state index contributed by atoms with van der Waals surface area (Å²) in [6.07, 6.45) is -0.527. The van der Waals surface area contributed by atoms with Crippen LogP contribution in [0.5, 0.6) is 5.75 Å². The number of amidine groups is 1. The lowest BCUT2D eigenvalue weighted by Crippen LogP contribution is -2.38. The molecule has 0 bridgehead atoms. The SMILES string of the molecule is CCN(CC)c1ccc(N2C(C(C)=O)=NN(c3ccc(Cl)cc3)[C@H]2c2ccccc2OCc2ccc(Cl)cc2Cl)cc1. The van der Waals surface area contributed by atoms with Crippen molar-refractivity contribution in [3.05, 3.63) is 117 Å². The van der Waals surface area contributed by atoms with Crippen molar-refractivity contribution >= 4 is 63.5 Å². The highest BCUT2D eigenvalue weighted by Gasteiger charge is 2.40. The Morgan fingerprint density at radius 3 is 2.14 bits per heavy atom. The Kier molecular flexibility index (Phi) is 9.27. The maximum atomic E-state index is 13.1. The number of ketones is 1. The minimum atomic E-state index is -0.527. The van der Waals surface area contributed by atoms with Gasteiger partial charge in [0, 0.05) is 57.6 Å². The Labute approximate surface area is 261 Å². The minimum absolute atomic E-state index is 0.157. The molecule has 0 amide bonds. The van der Waals surface area contributed by atoms with Crippen molar-refractivity contribution in [2.75, 3.05) is 27.9 Å². The zero-order chi connectivity index (χ0) is 29.8. The number of carbonyl (C=O) groups is 1. The molecule has 1 aliphatic rings. The maximum absolute atomic E-state index is 13.1. The van der Waals surface area contributed by atoms with Crippen molar-refractivity contribution < 1.29 is 9.53 Å². The van der Waals surface area contributed by atoms with E-state index < -0.39 is 6.17 Å². The van der Waals surface area contributed by atoms with Crippen LogP contribution in [0.1, 0.15) is 38.1 Å². The summed E-state index contributed by atoms with van der Waals surface area (Å²) in [5, 5.41) is 8.39. The van der Waals surface area contributed by atoms with E-state index >= 15 is 0 Å². The molecule has 1 heterocycles. The third kappa shape index (κ3) is 6.21. The lowest BCUT2D eigenvalue weighted by molar-refractivity contribution is -0.111. The summed E-state index contributed by atoms with van der Waals surface area (Å²) in [5.41, 5.74) is 4.35. The maximum Gasteiger partial charge on any atom is 0.198 e. The topological polar surface area (TPSA) is 48.4 Å². The van der Waals surface area contributed by atoms with Crippen LogP contribution in [0.15, 0.2) is 96.1 Å². The van der Waals surface area contributed by atoms with E-state index in [-0.39, 0.29) is 12.4 Å². The summed E-state index contributed by atoms with van der Waals surface area (Å²) in [5.74, 6) is 0.800. The summed E-state index contributed by atoms with van der Waals surface area (Å²) in [6.45, 7) is 7.83. The Hall–Kier alpha value is -3.71. The van der Waals surface area contributed by atoms with Crippen LogP contribution in [0.25, 0.3) is 0 Å². The number of hydrogen-bond donors (Lipinski definition) is 0. The second-order valence-corrected chi connectivity index (χ2v) is 11.1. The summed E-state index contributed by atoms with van der Waals surface area (Å²) in [7, 11) is 0. The van der Waals surface area contributed by atoms with Crippen molar-refractivity contribution in [3.63, 3.8) is 0 Å². The summed E-state index contributed by atoms with van der Waals surface area (Å²) in [4.78, 5) is 17.3. The fourth-order valence-electron chi connectivity index (χ4n) is 5.03. The van der Waals surface area contributed by atoms with E-state index in [4.69, 9.17) is 44.6 Å². The first kappa shape index (κ1) is 29.8. The second kappa shape index (κ2) is 13.1. The van der Waals surface area contributed by atoms with E-state index in [0.717, 1.165) is 41.3 Å². The van der Waals surface area contributed by atoms with E-state index in [1.54, 1.807) is 12.1 Å². The number of benzene rings is 4. The molecule has 0 spiro atoms. The Bertz CT molecular complexity index is 1590. The number of rotatable bonds is 10. The van der Waals surface area contributed by atoms with Gasteiger partial charge in [-0.2, -0.15) is 0 Å². The predicted octanol–water partition coefficient (Wildman–Crippen LogP) is 9.00. The molecule has 216 valence electrons. The largest absolute Gasteiger partial charge is 0.488 e. The standard InChI is InChI=1S/C33H31Cl3N4O2/c1-4-38(5-2)26-16-18-27(19-17-26)39-32(22(3)41)37-40(28-14-12-24(34)13-15-28)33(39)29-8-6-7-9-31(29)42-21-23-10-11-25(35)20-30(23)36/h6-20,33H,4-5,21H2,1-3H3/t33-/m0/s1. The molecule has 5 rings (SSSR count). The van der Waals surface area contributed by atoms with Crippen LogP contribution in [0.3, 0.4) is 0 Å². The lowest BCUT2D eigenvalue weighted by atomic mass is 10.1. The normalized spacial score (nSPS) is 14.6. The zero-order valence-electron chi connectivity index (χ0n) is 23.6. The van der Waals surface area contributed by atoms with E-state index in [2.05, 4.69) is 30.9 Å². The third-order valence-corrected chi connectivity index (χ3v) is 8.00. The van der Waals surface area contributed by atoms with Crippen molar-refractivity contribution in [1.82, 2.24) is 0 Å². The molecule has 1 aliphatic heterocycles. The van der Waals surface area contributed by atoms with Gasteiger partial charge in [0.05, 0.1) is 5.69 Å². The molecule has 4 aromatic rings. The molecule has 0 radical (unpaired) electrons. The van der Waals surface area contributed by atoms with Gasteiger partial charge in [0.25, 0.3) is 0 Å². The molecule has 9 heteroatoms. The number of nitrogens with zero attached hydrogens (tertiary/aromatic N) is 4. The average molecular weight is 622 g/mol. The van der Waals surface area contributed by atoms with Crippen molar-refractivity contribution in [2.45, 2.75) is 33.5 Å². The number of para-hydroxylation sites is 1. The molecule has 6 nitrogen and oxygen atoms in total. The first-order valence-electron chi connectivity index (χ1n) is 13.7. The highest BCUT2D eigenvalue weighted by Crippen LogP contribution is 2.43. The van der Waals surface area contributed by atoms with Crippen molar-refractivity contribution in [1.29, 1.82) is 0 Å². The number of carbonyl (C=O) groups excluding carboxylic acids is 1. The molecular formula is C33H31Cl3N4O2. The van der Waals surface area contributed by atoms with Gasteiger partial charge in [-0.15, -0.1) is 5.10 Å². The molecule has 0 saturated heterocycles. The summed E-state index contributed by atoms with van der Waals surface area (Å²) in [6, 6.07) is 28.7. The van der Waals surface area contributed by atoms with Crippen LogP contribution >= 0.6 is 34.8 Å².